The number of fused-ring (bicyclic) bond motifs is 2. The van der Waals surface area contributed by atoms with Crippen molar-refractivity contribution in [3.05, 3.63) is 36.0 Å². The highest BCUT2D eigenvalue weighted by atomic mass is 16.5. The molecule has 2 aliphatic rings. The van der Waals surface area contributed by atoms with Crippen LogP contribution in [0.2, 0.25) is 0 Å². The molecule has 4 heteroatoms. The average Bonchev–Trinajstić information content (AvgIpc) is 2.76. The number of likely N-dealkylation sites (tertiary alicyclic amines) is 1. The maximum atomic E-state index is 12.6. The van der Waals surface area contributed by atoms with Gasteiger partial charge in [-0.05, 0) is 53.9 Å². The molecule has 2 bridgehead atoms. The third-order valence-corrected chi connectivity index (χ3v) is 5.25. The van der Waals surface area contributed by atoms with Crippen molar-refractivity contribution in [1.82, 2.24) is 10.2 Å². The van der Waals surface area contributed by atoms with Gasteiger partial charge in [-0.15, -0.1) is 0 Å². The predicted octanol–water partition coefficient (Wildman–Crippen LogP) is 4.28. The van der Waals surface area contributed by atoms with Gasteiger partial charge in [0.1, 0.15) is 5.75 Å². The molecule has 1 saturated carbocycles. The smallest absolute Gasteiger partial charge is 0.321 e. The van der Waals surface area contributed by atoms with Crippen LogP contribution in [0.5, 0.6) is 5.75 Å². The van der Waals surface area contributed by atoms with Crippen LogP contribution in [0, 0.1) is 10.8 Å². The predicted molar refractivity (Wildman–Crippen MR) is 96.8 cm³/mol. The number of carbonyl (C=O) groups excluding carboxylic acids is 1. The first kappa shape index (κ1) is 16.9. The van der Waals surface area contributed by atoms with Crippen molar-refractivity contribution in [2.24, 2.45) is 10.8 Å². The van der Waals surface area contributed by atoms with Crippen molar-refractivity contribution in [2.45, 2.75) is 46.1 Å². The molecule has 1 heterocycles. The minimum absolute atomic E-state index is 0.0144. The Balaban J connectivity index is 1.62. The van der Waals surface area contributed by atoms with Crippen LogP contribution in [0.3, 0.4) is 0 Å². The molecule has 1 N–H and O–H groups in total. The number of urea groups is 1. The number of carbonyl (C=O) groups is 1. The van der Waals surface area contributed by atoms with Gasteiger partial charge < -0.3 is 15.0 Å². The van der Waals surface area contributed by atoms with Crippen LogP contribution in [0.25, 0.3) is 6.08 Å². The summed E-state index contributed by atoms with van der Waals surface area (Å²) in [6.07, 6.45) is 7.04. The average molecular weight is 328 g/mol. The molecule has 2 fully saturated rings. The van der Waals surface area contributed by atoms with Crippen LogP contribution in [-0.4, -0.2) is 30.6 Å². The lowest BCUT2D eigenvalue weighted by Crippen LogP contribution is -2.41. The molecule has 2 atom stereocenters. The van der Waals surface area contributed by atoms with Gasteiger partial charge in [-0.1, -0.05) is 32.9 Å². The fourth-order valence-electron chi connectivity index (χ4n) is 4.73. The topological polar surface area (TPSA) is 41.6 Å². The zero-order chi connectivity index (χ0) is 17.4. The summed E-state index contributed by atoms with van der Waals surface area (Å²) < 4.78 is 5.21. The highest BCUT2D eigenvalue weighted by molar-refractivity contribution is 5.77. The molecule has 4 nitrogen and oxygen atoms in total. The van der Waals surface area contributed by atoms with E-state index in [2.05, 4.69) is 26.1 Å². The number of benzene rings is 1. The van der Waals surface area contributed by atoms with Crippen molar-refractivity contribution in [1.29, 1.82) is 0 Å². The minimum Gasteiger partial charge on any atom is -0.497 e. The molecular formula is C20H28N2O2. The quantitative estimate of drug-likeness (QED) is 0.900. The molecule has 24 heavy (non-hydrogen) atoms. The Morgan fingerprint density at radius 3 is 2.88 bits per heavy atom. The van der Waals surface area contributed by atoms with E-state index in [1.165, 1.54) is 6.42 Å². The Kier molecular flexibility index (Phi) is 4.33. The van der Waals surface area contributed by atoms with Gasteiger partial charge in [0.25, 0.3) is 0 Å². The van der Waals surface area contributed by atoms with Crippen molar-refractivity contribution in [3.8, 4) is 5.75 Å². The first-order valence-electron chi connectivity index (χ1n) is 8.68. The zero-order valence-corrected chi connectivity index (χ0v) is 15.1. The second kappa shape index (κ2) is 6.15. The van der Waals surface area contributed by atoms with E-state index >= 15 is 0 Å². The fourth-order valence-corrected chi connectivity index (χ4v) is 4.73. The number of hydrogen-bond acceptors (Lipinski definition) is 2. The third-order valence-electron chi connectivity index (χ3n) is 5.25. The number of nitrogens with one attached hydrogen (secondary N) is 1. The molecule has 1 aliphatic heterocycles. The molecule has 1 aromatic rings. The summed E-state index contributed by atoms with van der Waals surface area (Å²) in [6, 6.07) is 8.15. The van der Waals surface area contributed by atoms with Crippen LogP contribution in [-0.2, 0) is 0 Å². The van der Waals surface area contributed by atoms with Gasteiger partial charge in [-0.2, -0.15) is 0 Å². The second-order valence-electron chi connectivity index (χ2n) is 8.40. The summed E-state index contributed by atoms with van der Waals surface area (Å²) in [7, 11) is 1.65. The van der Waals surface area contributed by atoms with Crippen LogP contribution < -0.4 is 10.1 Å². The summed E-state index contributed by atoms with van der Waals surface area (Å²) in [5, 5.41) is 2.93. The molecule has 1 saturated heterocycles. The Morgan fingerprint density at radius 1 is 1.33 bits per heavy atom. The summed E-state index contributed by atoms with van der Waals surface area (Å²) in [5.41, 5.74) is 1.59. The van der Waals surface area contributed by atoms with E-state index in [1.807, 2.05) is 35.2 Å². The Hall–Kier alpha value is -1.97. The van der Waals surface area contributed by atoms with E-state index in [4.69, 9.17) is 4.74 Å². The van der Waals surface area contributed by atoms with Gasteiger partial charge in [-0.3, -0.25) is 0 Å². The Bertz CT molecular complexity index is 653. The highest BCUT2D eigenvalue weighted by Gasteiger charge is 2.50. The van der Waals surface area contributed by atoms with Crippen LogP contribution in [0.4, 0.5) is 4.79 Å². The first-order valence-corrected chi connectivity index (χ1v) is 8.68. The highest BCUT2D eigenvalue weighted by Crippen LogP contribution is 2.52. The fraction of sp³-hybridized carbons (Fsp3) is 0.550. The molecule has 2 unspecified atom stereocenters. The minimum atomic E-state index is 0.0144. The van der Waals surface area contributed by atoms with E-state index in [9.17, 15) is 4.79 Å². The molecule has 0 radical (unpaired) electrons. The lowest BCUT2D eigenvalue weighted by Gasteiger charge is -2.39. The molecule has 1 aliphatic carbocycles. The van der Waals surface area contributed by atoms with Gasteiger partial charge in [-0.25, -0.2) is 4.79 Å². The van der Waals surface area contributed by atoms with Crippen molar-refractivity contribution in [3.63, 3.8) is 0 Å². The van der Waals surface area contributed by atoms with E-state index < -0.39 is 0 Å². The second-order valence-corrected chi connectivity index (χ2v) is 8.40. The molecule has 3 rings (SSSR count). The van der Waals surface area contributed by atoms with E-state index in [1.54, 1.807) is 13.3 Å². The molecule has 0 spiro atoms. The Labute approximate surface area is 144 Å². The number of nitrogens with zero attached hydrogens (tertiary/aromatic N) is 1. The monoisotopic (exact) mass is 328 g/mol. The van der Waals surface area contributed by atoms with Crippen LogP contribution in [0.1, 0.15) is 45.6 Å². The van der Waals surface area contributed by atoms with Crippen LogP contribution in [0.15, 0.2) is 30.5 Å². The molecule has 0 aromatic heterocycles. The first-order chi connectivity index (χ1) is 11.3. The van der Waals surface area contributed by atoms with E-state index in [0.717, 1.165) is 30.7 Å². The molecule has 2 amide bonds. The standard InChI is InChI=1S/C20H28N2O2/c1-19(2)11-16-12-20(3,13-19)14-22(16)18(23)21-9-8-15-6-5-7-17(10-15)24-4/h5-10,16H,11-14H2,1-4H3,(H,21,23)/b9-8+. The van der Waals surface area contributed by atoms with E-state index in [-0.39, 0.29) is 11.4 Å². The van der Waals surface area contributed by atoms with Gasteiger partial charge in [0, 0.05) is 18.8 Å². The van der Waals surface area contributed by atoms with Crippen molar-refractivity contribution >= 4 is 12.1 Å². The molecule has 130 valence electrons. The van der Waals surface area contributed by atoms with Gasteiger partial charge >= 0.3 is 6.03 Å². The number of ether oxygens (including phenoxy) is 1. The maximum Gasteiger partial charge on any atom is 0.321 e. The van der Waals surface area contributed by atoms with Crippen molar-refractivity contribution in [2.75, 3.05) is 13.7 Å². The summed E-state index contributed by atoms with van der Waals surface area (Å²) in [4.78, 5) is 14.6. The number of methoxy groups -OCH3 is 1. The lowest BCUT2D eigenvalue weighted by molar-refractivity contribution is 0.129. The van der Waals surface area contributed by atoms with Crippen molar-refractivity contribution < 1.29 is 9.53 Å². The van der Waals surface area contributed by atoms with Gasteiger partial charge in [0.2, 0.25) is 0 Å². The number of hydrogen-bond donors (Lipinski definition) is 1. The number of rotatable bonds is 3. The summed E-state index contributed by atoms with van der Waals surface area (Å²) >= 11 is 0. The molecule has 1 aromatic carbocycles. The maximum absolute atomic E-state index is 12.6. The zero-order valence-electron chi connectivity index (χ0n) is 15.1. The molecular weight excluding hydrogens is 300 g/mol. The normalized spacial score (nSPS) is 28.2. The lowest BCUT2D eigenvalue weighted by atomic mass is 9.65. The third kappa shape index (κ3) is 3.58. The Morgan fingerprint density at radius 2 is 2.12 bits per heavy atom. The van der Waals surface area contributed by atoms with Gasteiger partial charge in [0.05, 0.1) is 7.11 Å². The van der Waals surface area contributed by atoms with Crippen LogP contribution >= 0.6 is 0 Å². The largest absolute Gasteiger partial charge is 0.497 e. The van der Waals surface area contributed by atoms with E-state index in [0.29, 0.717) is 11.5 Å². The van der Waals surface area contributed by atoms with Gasteiger partial charge in [0.15, 0.2) is 0 Å². The number of amides is 2. The summed E-state index contributed by atoms with van der Waals surface area (Å²) in [5.74, 6) is 0.812. The summed E-state index contributed by atoms with van der Waals surface area (Å²) in [6.45, 7) is 7.82. The SMILES string of the molecule is COc1cccc(/C=C/NC(=O)N2CC3(C)CC2CC(C)(C)C3)c1.